The summed E-state index contributed by atoms with van der Waals surface area (Å²) in [4.78, 5) is 12.8. The van der Waals surface area contributed by atoms with E-state index < -0.39 is 15.9 Å². The maximum absolute atomic E-state index is 13.3. The lowest BCUT2D eigenvalue weighted by atomic mass is 9.98. The Hall–Kier alpha value is -2.58. The van der Waals surface area contributed by atoms with Crippen LogP contribution in [0.25, 0.3) is 0 Å². The third kappa shape index (κ3) is 4.94. The third-order valence-corrected chi connectivity index (χ3v) is 7.18. The number of nitrogens with zero attached hydrogens (tertiary/aromatic N) is 1. The molecular formula is C22H28N2O5S. The predicted molar refractivity (Wildman–Crippen MR) is 114 cm³/mol. The highest BCUT2D eigenvalue weighted by Crippen LogP contribution is 2.32. The molecule has 0 bridgehead atoms. The van der Waals surface area contributed by atoms with E-state index in [0.29, 0.717) is 31.7 Å². The molecule has 0 spiro atoms. The van der Waals surface area contributed by atoms with Crippen LogP contribution in [0.1, 0.15) is 24.0 Å². The molecular weight excluding hydrogens is 404 g/mol. The van der Waals surface area contributed by atoms with Crippen LogP contribution in [-0.4, -0.2) is 45.9 Å². The third-order valence-electron chi connectivity index (χ3n) is 5.29. The summed E-state index contributed by atoms with van der Waals surface area (Å²) in [6, 6.07) is 12.6. The summed E-state index contributed by atoms with van der Waals surface area (Å²) >= 11 is 0. The lowest BCUT2D eigenvalue weighted by molar-refractivity contribution is -0.126. The Morgan fingerprint density at radius 1 is 1.17 bits per heavy atom. The number of hydrogen-bond acceptors (Lipinski definition) is 5. The summed E-state index contributed by atoms with van der Waals surface area (Å²) in [5.74, 6) is 0.157. The number of benzene rings is 2. The van der Waals surface area contributed by atoms with E-state index in [9.17, 15) is 13.2 Å². The van der Waals surface area contributed by atoms with Crippen molar-refractivity contribution in [2.75, 3.05) is 27.3 Å². The first kappa shape index (κ1) is 22.1. The van der Waals surface area contributed by atoms with Crippen LogP contribution in [0.15, 0.2) is 47.4 Å². The summed E-state index contributed by atoms with van der Waals surface area (Å²) in [7, 11) is -0.919. The number of aryl methyl sites for hydroxylation is 1. The molecule has 0 radical (unpaired) electrons. The molecule has 3 rings (SSSR count). The number of methoxy groups -OCH3 is 2. The molecule has 1 aliphatic rings. The molecule has 7 nitrogen and oxygen atoms in total. The molecule has 1 amide bonds. The van der Waals surface area contributed by atoms with E-state index in [-0.39, 0.29) is 23.1 Å². The van der Waals surface area contributed by atoms with Crippen molar-refractivity contribution in [2.45, 2.75) is 31.2 Å². The standard InChI is InChI=1S/C22H28N2O5S/c1-16-6-4-7-17(12-16)14-23-22(25)18-8-5-11-24(15-18)30(26,27)21-13-19(28-2)9-10-20(21)29-3/h4,6-7,9-10,12-13,18H,5,8,11,14-15H2,1-3H3,(H,23,25)/t18-/m1/s1. The van der Waals surface area contributed by atoms with Gasteiger partial charge in [0, 0.05) is 25.7 Å². The molecule has 30 heavy (non-hydrogen) atoms. The van der Waals surface area contributed by atoms with Gasteiger partial charge in [-0.1, -0.05) is 29.8 Å². The average molecular weight is 433 g/mol. The van der Waals surface area contributed by atoms with Gasteiger partial charge in [0.2, 0.25) is 15.9 Å². The van der Waals surface area contributed by atoms with Crippen molar-refractivity contribution in [1.82, 2.24) is 9.62 Å². The van der Waals surface area contributed by atoms with Gasteiger partial charge in [-0.2, -0.15) is 4.31 Å². The van der Waals surface area contributed by atoms with E-state index in [2.05, 4.69) is 5.32 Å². The van der Waals surface area contributed by atoms with Crippen molar-refractivity contribution >= 4 is 15.9 Å². The molecule has 8 heteroatoms. The Morgan fingerprint density at radius 3 is 2.67 bits per heavy atom. The average Bonchev–Trinajstić information content (AvgIpc) is 2.77. The van der Waals surface area contributed by atoms with Crippen LogP contribution >= 0.6 is 0 Å². The first-order chi connectivity index (χ1) is 14.3. The van der Waals surface area contributed by atoms with E-state index in [4.69, 9.17) is 9.47 Å². The Labute approximate surface area is 178 Å². The summed E-state index contributed by atoms with van der Waals surface area (Å²) in [5, 5.41) is 2.94. The molecule has 0 aromatic heterocycles. The van der Waals surface area contributed by atoms with E-state index in [0.717, 1.165) is 11.1 Å². The van der Waals surface area contributed by atoms with Crippen molar-refractivity contribution in [3.05, 3.63) is 53.6 Å². The summed E-state index contributed by atoms with van der Waals surface area (Å²) < 4.78 is 38.4. The fourth-order valence-corrected chi connectivity index (χ4v) is 5.35. The maximum Gasteiger partial charge on any atom is 0.246 e. The number of piperidine rings is 1. The molecule has 0 saturated carbocycles. The molecule has 1 fully saturated rings. The number of nitrogens with one attached hydrogen (secondary N) is 1. The summed E-state index contributed by atoms with van der Waals surface area (Å²) in [5.41, 5.74) is 2.15. The number of ether oxygens (including phenoxy) is 2. The highest BCUT2D eigenvalue weighted by atomic mass is 32.2. The quantitative estimate of drug-likeness (QED) is 0.727. The molecule has 1 N–H and O–H groups in total. The van der Waals surface area contributed by atoms with Crippen molar-refractivity contribution < 1.29 is 22.7 Å². The smallest absolute Gasteiger partial charge is 0.246 e. The van der Waals surface area contributed by atoms with Crippen LogP contribution in [0.3, 0.4) is 0 Å². The van der Waals surface area contributed by atoms with Crippen LogP contribution in [0.5, 0.6) is 11.5 Å². The lowest BCUT2D eigenvalue weighted by Gasteiger charge is -2.31. The van der Waals surface area contributed by atoms with Crippen LogP contribution in [0.2, 0.25) is 0 Å². The van der Waals surface area contributed by atoms with Crippen molar-refractivity contribution in [2.24, 2.45) is 5.92 Å². The number of carbonyl (C=O) groups is 1. The van der Waals surface area contributed by atoms with Crippen LogP contribution < -0.4 is 14.8 Å². The largest absolute Gasteiger partial charge is 0.497 e. The Morgan fingerprint density at radius 2 is 1.97 bits per heavy atom. The highest BCUT2D eigenvalue weighted by Gasteiger charge is 2.35. The second-order valence-corrected chi connectivity index (χ2v) is 9.33. The zero-order chi connectivity index (χ0) is 21.7. The molecule has 1 atom stereocenters. The number of rotatable bonds is 7. The second kappa shape index (κ2) is 9.49. The maximum atomic E-state index is 13.3. The molecule has 2 aromatic rings. The van der Waals surface area contributed by atoms with Gasteiger partial charge in [-0.05, 0) is 37.5 Å². The van der Waals surface area contributed by atoms with Gasteiger partial charge in [-0.3, -0.25) is 4.79 Å². The minimum atomic E-state index is -3.83. The Balaban J connectivity index is 1.72. The van der Waals surface area contributed by atoms with Gasteiger partial charge < -0.3 is 14.8 Å². The Bertz CT molecular complexity index is 1010. The molecule has 2 aromatic carbocycles. The van der Waals surface area contributed by atoms with E-state index in [1.165, 1.54) is 24.6 Å². The van der Waals surface area contributed by atoms with Gasteiger partial charge >= 0.3 is 0 Å². The van der Waals surface area contributed by atoms with Crippen molar-refractivity contribution in [1.29, 1.82) is 0 Å². The van der Waals surface area contributed by atoms with Crippen LogP contribution in [0, 0.1) is 12.8 Å². The molecule has 1 aliphatic heterocycles. The topological polar surface area (TPSA) is 84.9 Å². The SMILES string of the molecule is COc1ccc(OC)c(S(=O)(=O)N2CCC[C@@H](C(=O)NCc3cccc(C)c3)C2)c1. The number of sulfonamides is 1. The second-order valence-electron chi connectivity index (χ2n) is 7.43. The van der Waals surface area contributed by atoms with Gasteiger partial charge in [-0.25, -0.2) is 8.42 Å². The van der Waals surface area contributed by atoms with E-state index in [1.807, 2.05) is 31.2 Å². The molecule has 1 heterocycles. The first-order valence-electron chi connectivity index (χ1n) is 9.90. The summed E-state index contributed by atoms with van der Waals surface area (Å²) in [6.45, 7) is 2.93. The molecule has 0 unspecified atom stereocenters. The molecule has 0 aliphatic carbocycles. The van der Waals surface area contributed by atoms with Gasteiger partial charge in [0.15, 0.2) is 0 Å². The van der Waals surface area contributed by atoms with Gasteiger partial charge in [0.25, 0.3) is 0 Å². The number of hydrogen-bond donors (Lipinski definition) is 1. The predicted octanol–water partition coefficient (Wildman–Crippen LogP) is 2.73. The van der Waals surface area contributed by atoms with Gasteiger partial charge in [0.05, 0.1) is 20.1 Å². The molecule has 1 saturated heterocycles. The minimum absolute atomic E-state index is 0.0465. The first-order valence-corrected chi connectivity index (χ1v) is 11.3. The molecule has 162 valence electrons. The monoisotopic (exact) mass is 432 g/mol. The van der Waals surface area contributed by atoms with E-state index in [1.54, 1.807) is 12.1 Å². The number of carbonyl (C=O) groups excluding carboxylic acids is 1. The fourth-order valence-electron chi connectivity index (χ4n) is 3.66. The van der Waals surface area contributed by atoms with Gasteiger partial charge in [0.1, 0.15) is 16.4 Å². The zero-order valence-corrected chi connectivity index (χ0v) is 18.4. The normalized spacial score (nSPS) is 17.4. The highest BCUT2D eigenvalue weighted by molar-refractivity contribution is 7.89. The van der Waals surface area contributed by atoms with Crippen LogP contribution in [-0.2, 0) is 21.4 Å². The van der Waals surface area contributed by atoms with Gasteiger partial charge in [-0.15, -0.1) is 0 Å². The summed E-state index contributed by atoms with van der Waals surface area (Å²) in [6.07, 6.45) is 1.27. The van der Waals surface area contributed by atoms with E-state index >= 15 is 0 Å². The van der Waals surface area contributed by atoms with Crippen molar-refractivity contribution in [3.8, 4) is 11.5 Å². The lowest BCUT2D eigenvalue weighted by Crippen LogP contribution is -2.45. The zero-order valence-electron chi connectivity index (χ0n) is 17.6. The fraction of sp³-hybridized carbons (Fsp3) is 0.409. The van der Waals surface area contributed by atoms with Crippen LogP contribution in [0.4, 0.5) is 0 Å². The Kier molecular flexibility index (Phi) is 6.99. The van der Waals surface area contributed by atoms with Crippen molar-refractivity contribution in [3.63, 3.8) is 0 Å². The number of amides is 1. The minimum Gasteiger partial charge on any atom is -0.497 e.